The summed E-state index contributed by atoms with van der Waals surface area (Å²) in [6, 6.07) is 2.76. The van der Waals surface area contributed by atoms with Gasteiger partial charge in [0.2, 0.25) is 0 Å². The molecule has 0 aliphatic heterocycles. The number of hydrogen-bond acceptors (Lipinski definition) is 2. The molecule has 0 radical (unpaired) electrons. The molecule has 0 spiro atoms. The molecule has 0 saturated heterocycles. The standard InChI is InChI=1S/C13H11Cl4F3N2/c14-7-5-8(15)11(9(16)6-7)21-22-12(17)4-2-1-3-10(12)13(18,19)20/h5-6,10H,1-4H2. The third-order valence-corrected chi connectivity index (χ3v) is 4.82. The summed E-state index contributed by atoms with van der Waals surface area (Å²) in [6.45, 7) is 0. The lowest BCUT2D eigenvalue weighted by Crippen LogP contribution is -2.42. The van der Waals surface area contributed by atoms with Gasteiger partial charge in [-0.2, -0.15) is 23.4 Å². The Balaban J connectivity index is 2.34. The Morgan fingerprint density at radius 1 is 1.09 bits per heavy atom. The van der Waals surface area contributed by atoms with Gasteiger partial charge in [-0.25, -0.2) is 0 Å². The summed E-state index contributed by atoms with van der Waals surface area (Å²) in [4.78, 5) is -1.83. The van der Waals surface area contributed by atoms with Crippen LogP contribution >= 0.6 is 46.4 Å². The van der Waals surface area contributed by atoms with Crippen LogP contribution in [0.25, 0.3) is 0 Å². The second-order valence-electron chi connectivity index (χ2n) is 5.08. The van der Waals surface area contributed by atoms with E-state index in [2.05, 4.69) is 10.2 Å². The van der Waals surface area contributed by atoms with Gasteiger partial charge in [-0.05, 0) is 31.4 Å². The van der Waals surface area contributed by atoms with Crippen LogP contribution in [0.5, 0.6) is 0 Å². The van der Waals surface area contributed by atoms with Gasteiger partial charge in [0.25, 0.3) is 0 Å². The molecule has 1 aromatic rings. The topological polar surface area (TPSA) is 24.7 Å². The second kappa shape index (κ2) is 6.71. The Hall–Kier alpha value is -0.230. The first-order valence-corrected chi connectivity index (χ1v) is 7.98. The quantitative estimate of drug-likeness (QED) is 0.283. The summed E-state index contributed by atoms with van der Waals surface area (Å²) in [5.41, 5.74) is 0.0549. The average molecular weight is 394 g/mol. The number of rotatable bonds is 2. The molecule has 22 heavy (non-hydrogen) atoms. The van der Waals surface area contributed by atoms with E-state index in [0.717, 1.165) is 0 Å². The molecule has 0 heterocycles. The van der Waals surface area contributed by atoms with Gasteiger partial charge >= 0.3 is 6.18 Å². The maximum Gasteiger partial charge on any atom is 0.395 e. The first-order chi connectivity index (χ1) is 10.1. The maximum atomic E-state index is 13.1. The number of alkyl halides is 4. The number of azo groups is 1. The van der Waals surface area contributed by atoms with Crippen LogP contribution in [-0.2, 0) is 0 Å². The molecule has 1 fully saturated rings. The summed E-state index contributed by atoms with van der Waals surface area (Å²) < 4.78 is 39.4. The van der Waals surface area contributed by atoms with Crippen molar-refractivity contribution in [2.75, 3.05) is 0 Å². The highest BCUT2D eigenvalue weighted by Gasteiger charge is 2.54. The van der Waals surface area contributed by atoms with E-state index in [1.807, 2.05) is 0 Å². The predicted octanol–water partition coefficient (Wildman–Crippen LogP) is 7.42. The molecule has 1 aromatic carbocycles. The van der Waals surface area contributed by atoms with E-state index < -0.39 is 17.1 Å². The zero-order chi connectivity index (χ0) is 16.5. The Morgan fingerprint density at radius 2 is 1.68 bits per heavy atom. The van der Waals surface area contributed by atoms with Crippen LogP contribution < -0.4 is 0 Å². The molecule has 122 valence electrons. The summed E-state index contributed by atoms with van der Waals surface area (Å²) in [7, 11) is 0. The van der Waals surface area contributed by atoms with Gasteiger partial charge in [0.05, 0.1) is 16.0 Å². The predicted molar refractivity (Wildman–Crippen MR) is 82.6 cm³/mol. The van der Waals surface area contributed by atoms with E-state index in [1.165, 1.54) is 12.1 Å². The molecule has 1 aliphatic rings. The van der Waals surface area contributed by atoms with Crippen molar-refractivity contribution in [2.24, 2.45) is 16.1 Å². The van der Waals surface area contributed by atoms with E-state index in [4.69, 9.17) is 46.4 Å². The number of nitrogens with zero attached hydrogens (tertiary/aromatic N) is 2. The minimum atomic E-state index is -4.44. The molecule has 1 aliphatic carbocycles. The Bertz CT molecular complexity index is 568. The third-order valence-electron chi connectivity index (χ3n) is 3.50. The molecule has 1 saturated carbocycles. The zero-order valence-electron chi connectivity index (χ0n) is 11.1. The number of hydrogen-bond donors (Lipinski definition) is 0. The van der Waals surface area contributed by atoms with Gasteiger partial charge < -0.3 is 0 Å². The van der Waals surface area contributed by atoms with Gasteiger partial charge in [-0.3, -0.25) is 0 Å². The third kappa shape index (κ3) is 3.99. The smallest absolute Gasteiger partial charge is 0.171 e. The SMILES string of the molecule is FC(F)(F)C1CCCCC1(Cl)N=Nc1c(Cl)cc(Cl)cc1Cl. The van der Waals surface area contributed by atoms with Crippen molar-refractivity contribution >= 4 is 52.1 Å². The van der Waals surface area contributed by atoms with Crippen molar-refractivity contribution in [2.45, 2.75) is 36.9 Å². The van der Waals surface area contributed by atoms with Crippen molar-refractivity contribution in [1.82, 2.24) is 0 Å². The van der Waals surface area contributed by atoms with Crippen LogP contribution in [0, 0.1) is 5.92 Å². The molecule has 9 heteroatoms. The molecule has 0 N–H and O–H groups in total. The van der Waals surface area contributed by atoms with E-state index in [9.17, 15) is 13.2 Å². The second-order valence-corrected chi connectivity index (χ2v) is 6.98. The normalized spacial score (nSPS) is 26.6. The van der Waals surface area contributed by atoms with Crippen LogP contribution in [-0.4, -0.2) is 11.2 Å². The summed E-state index contributed by atoms with van der Waals surface area (Å²) in [6.07, 6.45) is -3.41. The molecule has 2 nitrogen and oxygen atoms in total. The molecule has 0 amide bonds. The van der Waals surface area contributed by atoms with Gasteiger partial charge in [0, 0.05) is 5.02 Å². The Labute approximate surface area is 145 Å². The van der Waals surface area contributed by atoms with Gasteiger partial charge in [0.1, 0.15) is 5.69 Å². The molecule has 2 atom stereocenters. The van der Waals surface area contributed by atoms with Crippen LogP contribution in [0.2, 0.25) is 15.1 Å². The highest BCUT2D eigenvalue weighted by atomic mass is 35.5. The van der Waals surface area contributed by atoms with E-state index in [-0.39, 0.29) is 28.6 Å². The molecular formula is C13H11Cl4F3N2. The van der Waals surface area contributed by atoms with E-state index in [1.54, 1.807) is 0 Å². The fourth-order valence-corrected chi connectivity index (χ4v) is 3.71. The van der Waals surface area contributed by atoms with Gasteiger partial charge in [0.15, 0.2) is 5.00 Å². The minimum absolute atomic E-state index is 0.0549. The van der Waals surface area contributed by atoms with Crippen LogP contribution in [0.4, 0.5) is 18.9 Å². The summed E-state index contributed by atoms with van der Waals surface area (Å²) in [5, 5.41) is 8.01. The molecule has 0 aromatic heterocycles. The average Bonchev–Trinajstić information content (AvgIpc) is 2.36. The van der Waals surface area contributed by atoms with Crippen molar-refractivity contribution in [1.29, 1.82) is 0 Å². The highest BCUT2D eigenvalue weighted by Crippen LogP contribution is 2.49. The summed E-state index contributed by atoms with van der Waals surface area (Å²) in [5.74, 6) is -1.75. The lowest BCUT2D eigenvalue weighted by atomic mass is 9.84. The Morgan fingerprint density at radius 3 is 2.23 bits per heavy atom. The van der Waals surface area contributed by atoms with Crippen molar-refractivity contribution in [3.63, 3.8) is 0 Å². The lowest BCUT2D eigenvalue weighted by molar-refractivity contribution is -0.191. The monoisotopic (exact) mass is 392 g/mol. The minimum Gasteiger partial charge on any atom is -0.171 e. The van der Waals surface area contributed by atoms with E-state index >= 15 is 0 Å². The fraction of sp³-hybridized carbons (Fsp3) is 0.538. The Kier molecular flexibility index (Phi) is 5.53. The molecule has 0 bridgehead atoms. The van der Waals surface area contributed by atoms with E-state index in [0.29, 0.717) is 17.9 Å². The van der Waals surface area contributed by atoms with Crippen LogP contribution in [0.1, 0.15) is 25.7 Å². The largest absolute Gasteiger partial charge is 0.395 e. The number of halogens is 7. The molecular weight excluding hydrogens is 383 g/mol. The zero-order valence-corrected chi connectivity index (χ0v) is 14.1. The van der Waals surface area contributed by atoms with Gasteiger partial charge in [-0.1, -0.05) is 52.8 Å². The van der Waals surface area contributed by atoms with Crippen LogP contribution in [0.3, 0.4) is 0 Å². The van der Waals surface area contributed by atoms with Gasteiger partial charge in [-0.15, -0.1) is 0 Å². The number of benzene rings is 1. The maximum absolute atomic E-state index is 13.1. The molecule has 2 unspecified atom stereocenters. The van der Waals surface area contributed by atoms with Crippen LogP contribution in [0.15, 0.2) is 22.4 Å². The lowest BCUT2D eigenvalue weighted by Gasteiger charge is -2.36. The fourth-order valence-electron chi connectivity index (χ4n) is 2.41. The van der Waals surface area contributed by atoms with Crippen molar-refractivity contribution in [3.8, 4) is 0 Å². The first-order valence-electron chi connectivity index (χ1n) is 6.46. The first kappa shape index (κ1) is 18.1. The summed E-state index contributed by atoms with van der Waals surface area (Å²) >= 11 is 23.8. The van der Waals surface area contributed by atoms with Crippen molar-refractivity contribution < 1.29 is 13.2 Å². The molecule has 2 rings (SSSR count). The highest BCUT2D eigenvalue weighted by molar-refractivity contribution is 6.41. The van der Waals surface area contributed by atoms with Crippen molar-refractivity contribution in [3.05, 3.63) is 27.2 Å².